The number of hydrogen-bond donors (Lipinski definition) is 2. The average molecular weight is 372 g/mol. The maximum atomic E-state index is 13.9. The number of nitrogens with one attached hydrogen (secondary N) is 1. The van der Waals surface area contributed by atoms with Crippen LogP contribution in [0.3, 0.4) is 0 Å². The van der Waals surface area contributed by atoms with E-state index in [9.17, 15) is 12.8 Å². The maximum Gasteiger partial charge on any atom is 0.243 e. The molecule has 0 saturated heterocycles. The van der Waals surface area contributed by atoms with Gasteiger partial charge in [-0.15, -0.1) is 0 Å². The Kier molecular flexibility index (Phi) is 6.25. The molecule has 1 aromatic rings. The van der Waals surface area contributed by atoms with Gasteiger partial charge in [-0.05, 0) is 18.4 Å². The van der Waals surface area contributed by atoms with Crippen molar-refractivity contribution in [2.75, 3.05) is 12.8 Å². The summed E-state index contributed by atoms with van der Waals surface area (Å²) in [5.41, 5.74) is -0.0623. The van der Waals surface area contributed by atoms with E-state index in [1.165, 1.54) is 23.9 Å². The number of hydrogen-bond acceptors (Lipinski definition) is 4. The third-order valence-corrected chi connectivity index (χ3v) is 5.35. The summed E-state index contributed by atoms with van der Waals surface area (Å²) in [7, 11) is -3.93. The predicted molar refractivity (Wildman–Crippen MR) is 78.2 cm³/mol. The highest BCUT2D eigenvalue weighted by atomic mass is 79.9. The highest BCUT2D eigenvalue weighted by Gasteiger charge is 2.22. The Morgan fingerprint density at radius 2 is 2.16 bits per heavy atom. The Morgan fingerprint density at radius 3 is 2.68 bits per heavy atom. The van der Waals surface area contributed by atoms with Crippen molar-refractivity contribution in [2.45, 2.75) is 23.7 Å². The lowest BCUT2D eigenvalue weighted by Crippen LogP contribution is -2.30. The van der Waals surface area contributed by atoms with E-state index in [0.717, 1.165) is 0 Å². The first-order chi connectivity index (χ1) is 8.81. The van der Waals surface area contributed by atoms with Crippen molar-refractivity contribution in [3.8, 4) is 0 Å². The van der Waals surface area contributed by atoms with Crippen molar-refractivity contribution in [1.29, 1.82) is 0 Å². The number of thioether (sulfide) groups is 1. The van der Waals surface area contributed by atoms with E-state index in [0.29, 0.717) is 4.47 Å². The Bertz CT molecular complexity index is 551. The molecule has 0 radical (unpaired) electrons. The molecule has 1 aromatic carbocycles. The van der Waals surface area contributed by atoms with Crippen molar-refractivity contribution < 1.29 is 17.9 Å². The number of aliphatic hydroxyl groups is 1. The summed E-state index contributed by atoms with van der Waals surface area (Å²) in [6.07, 6.45) is 1.86. The minimum absolute atomic E-state index is 0.0623. The van der Waals surface area contributed by atoms with E-state index < -0.39 is 27.3 Å². The molecule has 0 amide bonds. The van der Waals surface area contributed by atoms with Gasteiger partial charge < -0.3 is 5.11 Å². The average Bonchev–Trinajstić information content (AvgIpc) is 2.38. The molecule has 1 unspecified atom stereocenters. The predicted octanol–water partition coefficient (Wildman–Crippen LogP) is 2.11. The highest BCUT2D eigenvalue weighted by molar-refractivity contribution is 9.10. The lowest BCUT2D eigenvalue weighted by molar-refractivity contribution is 0.274. The topological polar surface area (TPSA) is 66.4 Å². The number of sulfonamides is 1. The zero-order valence-corrected chi connectivity index (χ0v) is 13.7. The second kappa shape index (κ2) is 7.03. The van der Waals surface area contributed by atoms with Crippen molar-refractivity contribution in [3.63, 3.8) is 0 Å². The third-order valence-electron chi connectivity index (χ3n) is 2.50. The van der Waals surface area contributed by atoms with Crippen molar-refractivity contribution in [3.05, 3.63) is 28.0 Å². The third kappa shape index (κ3) is 4.42. The monoisotopic (exact) mass is 371 g/mol. The first-order valence-electron chi connectivity index (χ1n) is 5.43. The maximum absolute atomic E-state index is 13.9. The van der Waals surface area contributed by atoms with Crippen LogP contribution < -0.4 is 4.72 Å². The molecule has 4 nitrogen and oxygen atoms in total. The summed E-state index contributed by atoms with van der Waals surface area (Å²) < 4.78 is 40.8. The van der Waals surface area contributed by atoms with Crippen LogP contribution in [0.4, 0.5) is 4.39 Å². The first kappa shape index (κ1) is 16.9. The summed E-state index contributed by atoms with van der Waals surface area (Å²) in [5, 5.41) is 9.10. The van der Waals surface area contributed by atoms with Gasteiger partial charge in [0, 0.05) is 21.8 Å². The van der Waals surface area contributed by atoms with E-state index in [1.54, 1.807) is 0 Å². The summed E-state index contributed by atoms with van der Waals surface area (Å²) >= 11 is 4.61. The summed E-state index contributed by atoms with van der Waals surface area (Å²) in [4.78, 5) is -0.459. The lowest BCUT2D eigenvalue weighted by Gasteiger charge is -2.12. The smallest absolute Gasteiger partial charge is 0.243 e. The standard InChI is InChI=1S/C11H15BrFNO3S2/c1-7(18-2)5-14-19(16,17)10-4-9(12)3-8(6-15)11(10)13/h3-4,7,14-15H,5-6H2,1-2H3. The van der Waals surface area contributed by atoms with Crippen LogP contribution in [0.5, 0.6) is 0 Å². The second-order valence-electron chi connectivity index (χ2n) is 3.93. The van der Waals surface area contributed by atoms with Gasteiger partial charge in [-0.1, -0.05) is 22.9 Å². The normalized spacial score (nSPS) is 13.5. The molecule has 0 fully saturated rings. The van der Waals surface area contributed by atoms with E-state index in [1.807, 2.05) is 13.2 Å². The molecule has 1 atom stereocenters. The van der Waals surface area contributed by atoms with Crippen LogP contribution in [0, 0.1) is 5.82 Å². The molecule has 2 N–H and O–H groups in total. The quantitative estimate of drug-likeness (QED) is 0.803. The van der Waals surface area contributed by atoms with Crippen LogP contribution in [0.1, 0.15) is 12.5 Å². The molecule has 0 aliphatic heterocycles. The molecule has 0 heterocycles. The molecule has 1 rings (SSSR count). The fourth-order valence-electron chi connectivity index (χ4n) is 1.32. The molecule has 0 aliphatic rings. The molecule has 19 heavy (non-hydrogen) atoms. The molecule has 0 spiro atoms. The van der Waals surface area contributed by atoms with Crippen molar-refractivity contribution in [2.24, 2.45) is 0 Å². The zero-order valence-electron chi connectivity index (χ0n) is 10.5. The first-order valence-corrected chi connectivity index (χ1v) is 8.99. The molecule has 0 aromatic heterocycles. The van der Waals surface area contributed by atoms with Crippen LogP contribution >= 0.6 is 27.7 Å². The number of aliphatic hydroxyl groups excluding tert-OH is 1. The fourth-order valence-corrected chi connectivity index (χ4v) is 3.60. The summed E-state index contributed by atoms with van der Waals surface area (Å²) in [6.45, 7) is 1.52. The van der Waals surface area contributed by atoms with Gasteiger partial charge in [-0.2, -0.15) is 11.8 Å². The fraction of sp³-hybridized carbons (Fsp3) is 0.455. The molecule has 8 heteroatoms. The zero-order chi connectivity index (χ0) is 14.6. The molecular weight excluding hydrogens is 357 g/mol. The van der Waals surface area contributed by atoms with Crippen LogP contribution in [0.2, 0.25) is 0 Å². The molecule has 108 valence electrons. The number of rotatable bonds is 6. The van der Waals surface area contributed by atoms with E-state index in [-0.39, 0.29) is 17.4 Å². The Hall–Kier alpha value is -0.150. The van der Waals surface area contributed by atoms with E-state index >= 15 is 0 Å². The van der Waals surface area contributed by atoms with Crippen LogP contribution in [0.25, 0.3) is 0 Å². The Balaban J connectivity index is 3.11. The number of halogens is 2. The minimum atomic E-state index is -3.93. The van der Waals surface area contributed by atoms with Crippen molar-refractivity contribution >= 4 is 37.7 Å². The van der Waals surface area contributed by atoms with Gasteiger partial charge in [0.2, 0.25) is 10.0 Å². The largest absolute Gasteiger partial charge is 0.392 e. The van der Waals surface area contributed by atoms with Gasteiger partial charge in [-0.3, -0.25) is 0 Å². The van der Waals surface area contributed by atoms with Crippen LogP contribution in [0.15, 0.2) is 21.5 Å². The van der Waals surface area contributed by atoms with Crippen molar-refractivity contribution in [1.82, 2.24) is 4.72 Å². The van der Waals surface area contributed by atoms with Gasteiger partial charge in [0.15, 0.2) is 0 Å². The summed E-state index contributed by atoms with van der Waals surface area (Å²) in [6, 6.07) is 2.53. The van der Waals surface area contributed by atoms with Crippen LogP contribution in [-0.2, 0) is 16.6 Å². The SMILES string of the molecule is CSC(C)CNS(=O)(=O)c1cc(Br)cc(CO)c1F. The highest BCUT2D eigenvalue weighted by Crippen LogP contribution is 2.24. The van der Waals surface area contributed by atoms with Gasteiger partial charge in [0.05, 0.1) is 6.61 Å². The van der Waals surface area contributed by atoms with Gasteiger partial charge in [0.1, 0.15) is 10.7 Å². The Labute approximate surface area is 125 Å². The van der Waals surface area contributed by atoms with Gasteiger partial charge in [0.25, 0.3) is 0 Å². The molecule has 0 bridgehead atoms. The molecule has 0 aliphatic carbocycles. The number of benzene rings is 1. The van der Waals surface area contributed by atoms with Crippen LogP contribution in [-0.4, -0.2) is 31.6 Å². The van der Waals surface area contributed by atoms with Gasteiger partial charge in [-0.25, -0.2) is 17.5 Å². The van der Waals surface area contributed by atoms with E-state index in [2.05, 4.69) is 20.7 Å². The minimum Gasteiger partial charge on any atom is -0.392 e. The lowest BCUT2D eigenvalue weighted by atomic mass is 10.2. The second-order valence-corrected chi connectivity index (χ2v) is 7.86. The summed E-state index contributed by atoms with van der Waals surface area (Å²) in [5.74, 6) is -0.921. The molecular formula is C11H15BrFNO3S2. The van der Waals surface area contributed by atoms with E-state index in [4.69, 9.17) is 5.11 Å². The Morgan fingerprint density at radius 1 is 1.53 bits per heavy atom. The van der Waals surface area contributed by atoms with Gasteiger partial charge >= 0.3 is 0 Å². The molecule has 0 saturated carbocycles.